The second-order valence-corrected chi connectivity index (χ2v) is 4.96. The normalized spacial score (nSPS) is 11.9. The van der Waals surface area contributed by atoms with Gasteiger partial charge in [-0.25, -0.2) is 14.0 Å². The third-order valence-electron chi connectivity index (χ3n) is 2.76. The molecule has 0 aliphatic rings. The van der Waals surface area contributed by atoms with Crippen molar-refractivity contribution in [3.05, 3.63) is 47.5 Å². The number of rotatable bonds is 6. The van der Waals surface area contributed by atoms with Gasteiger partial charge in [0.25, 0.3) is 0 Å². The quantitative estimate of drug-likeness (QED) is 0.597. The summed E-state index contributed by atoms with van der Waals surface area (Å²) in [6.07, 6.45) is -1.82. The zero-order valence-electron chi connectivity index (χ0n) is 12.4. The molecule has 0 spiro atoms. The summed E-state index contributed by atoms with van der Waals surface area (Å²) in [4.78, 5) is 23.3. The van der Waals surface area contributed by atoms with E-state index in [9.17, 15) is 14.0 Å². The third-order valence-corrected chi connectivity index (χ3v) is 2.76. The molecule has 21 heavy (non-hydrogen) atoms. The van der Waals surface area contributed by atoms with Crippen LogP contribution >= 0.6 is 0 Å². The minimum absolute atomic E-state index is 0.0378. The summed E-state index contributed by atoms with van der Waals surface area (Å²) in [5, 5.41) is 0. The number of hydrogen-bond acceptors (Lipinski definition) is 4. The highest BCUT2D eigenvalue weighted by Crippen LogP contribution is 2.29. The lowest BCUT2D eigenvalue weighted by Crippen LogP contribution is -2.16. The summed E-state index contributed by atoms with van der Waals surface area (Å²) in [5.74, 6) is -1.34. The van der Waals surface area contributed by atoms with Crippen LogP contribution in [0.25, 0.3) is 0 Å². The van der Waals surface area contributed by atoms with Crippen molar-refractivity contribution in [2.24, 2.45) is 5.92 Å². The number of methoxy groups -OCH3 is 1. The Kier molecular flexibility index (Phi) is 6.09. The second-order valence-electron chi connectivity index (χ2n) is 4.96. The van der Waals surface area contributed by atoms with E-state index in [0.29, 0.717) is 0 Å². The molecule has 1 aromatic rings. The number of carbonyl (C=O) groups excluding carboxylic acids is 2. The predicted molar refractivity (Wildman–Crippen MR) is 76.6 cm³/mol. The standard InChI is InChI=1S/C16H19FO4/c1-10(2)9-21-15(18)11(3)14(17)12-7-5-6-8-13(12)16(19)20-4/h5-8,10,14H,3,9H2,1-2,4H3. The molecule has 0 N–H and O–H groups in total. The molecular weight excluding hydrogens is 275 g/mol. The zero-order valence-corrected chi connectivity index (χ0v) is 12.4. The van der Waals surface area contributed by atoms with Crippen LogP contribution in [0.2, 0.25) is 0 Å². The van der Waals surface area contributed by atoms with Gasteiger partial charge in [0.1, 0.15) is 0 Å². The van der Waals surface area contributed by atoms with Crippen molar-refractivity contribution in [3.63, 3.8) is 0 Å². The lowest BCUT2D eigenvalue weighted by Gasteiger charge is -2.15. The van der Waals surface area contributed by atoms with Crippen LogP contribution in [-0.2, 0) is 14.3 Å². The topological polar surface area (TPSA) is 52.6 Å². The molecule has 114 valence electrons. The summed E-state index contributed by atoms with van der Waals surface area (Å²) < 4.78 is 24.0. The molecule has 1 rings (SSSR count). The van der Waals surface area contributed by atoms with Gasteiger partial charge in [-0.15, -0.1) is 0 Å². The van der Waals surface area contributed by atoms with E-state index in [-0.39, 0.29) is 29.2 Å². The SMILES string of the molecule is C=C(C(=O)OCC(C)C)C(F)c1ccccc1C(=O)OC. The molecule has 0 bridgehead atoms. The first-order valence-corrected chi connectivity index (χ1v) is 6.55. The molecule has 4 nitrogen and oxygen atoms in total. The molecule has 0 radical (unpaired) electrons. The molecule has 0 aliphatic carbocycles. The van der Waals surface area contributed by atoms with Crippen molar-refractivity contribution in [3.8, 4) is 0 Å². The maximum absolute atomic E-state index is 14.5. The van der Waals surface area contributed by atoms with Crippen molar-refractivity contribution in [2.45, 2.75) is 20.0 Å². The van der Waals surface area contributed by atoms with Gasteiger partial charge >= 0.3 is 11.9 Å². The highest BCUT2D eigenvalue weighted by Gasteiger charge is 2.26. The molecule has 0 aliphatic heterocycles. The Bertz CT molecular complexity index is 537. The first kappa shape index (κ1) is 16.9. The van der Waals surface area contributed by atoms with Crippen LogP contribution < -0.4 is 0 Å². The molecule has 0 fully saturated rings. The van der Waals surface area contributed by atoms with Gasteiger partial charge in [0.05, 0.1) is 24.9 Å². The minimum Gasteiger partial charge on any atom is -0.465 e. The first-order chi connectivity index (χ1) is 9.88. The predicted octanol–water partition coefficient (Wildman–Crippen LogP) is 3.24. The summed E-state index contributed by atoms with van der Waals surface area (Å²) in [5.41, 5.74) is -0.242. The van der Waals surface area contributed by atoms with Gasteiger partial charge in [-0.1, -0.05) is 38.6 Å². The van der Waals surface area contributed by atoms with Crippen LogP contribution in [0, 0.1) is 5.92 Å². The molecule has 1 unspecified atom stereocenters. The van der Waals surface area contributed by atoms with Crippen molar-refractivity contribution in [1.29, 1.82) is 0 Å². The largest absolute Gasteiger partial charge is 0.465 e. The van der Waals surface area contributed by atoms with E-state index in [0.717, 1.165) is 0 Å². The molecule has 0 saturated heterocycles. The molecule has 1 atom stereocenters. The Morgan fingerprint density at radius 1 is 1.29 bits per heavy atom. The van der Waals surface area contributed by atoms with Crippen LogP contribution in [0.4, 0.5) is 4.39 Å². The van der Waals surface area contributed by atoms with E-state index in [2.05, 4.69) is 11.3 Å². The number of halogens is 1. The van der Waals surface area contributed by atoms with Crippen molar-refractivity contribution in [2.75, 3.05) is 13.7 Å². The van der Waals surface area contributed by atoms with Crippen LogP contribution in [0.1, 0.15) is 35.9 Å². The third kappa shape index (κ3) is 4.41. The van der Waals surface area contributed by atoms with Gasteiger partial charge in [0.2, 0.25) is 0 Å². The molecule has 5 heteroatoms. The first-order valence-electron chi connectivity index (χ1n) is 6.55. The Hall–Kier alpha value is -2.17. The zero-order chi connectivity index (χ0) is 16.0. The summed E-state index contributed by atoms with van der Waals surface area (Å²) >= 11 is 0. The van der Waals surface area contributed by atoms with E-state index in [1.54, 1.807) is 12.1 Å². The number of carbonyl (C=O) groups is 2. The summed E-state index contributed by atoms with van der Waals surface area (Å²) in [6.45, 7) is 7.36. The van der Waals surface area contributed by atoms with Crippen molar-refractivity contribution >= 4 is 11.9 Å². The lowest BCUT2D eigenvalue weighted by atomic mass is 9.98. The van der Waals surface area contributed by atoms with E-state index in [1.807, 2.05) is 13.8 Å². The van der Waals surface area contributed by atoms with Crippen LogP contribution in [-0.4, -0.2) is 25.7 Å². The van der Waals surface area contributed by atoms with E-state index in [1.165, 1.54) is 19.2 Å². The fourth-order valence-corrected chi connectivity index (χ4v) is 1.64. The smallest absolute Gasteiger partial charge is 0.338 e. The molecular formula is C16H19FO4. The summed E-state index contributed by atoms with van der Waals surface area (Å²) in [7, 11) is 1.21. The Labute approximate surface area is 123 Å². The van der Waals surface area contributed by atoms with Crippen molar-refractivity contribution < 1.29 is 23.5 Å². The van der Waals surface area contributed by atoms with Gasteiger partial charge in [-0.05, 0) is 12.0 Å². The van der Waals surface area contributed by atoms with Gasteiger partial charge in [0.15, 0.2) is 6.17 Å². The van der Waals surface area contributed by atoms with E-state index in [4.69, 9.17) is 4.74 Å². The molecule has 0 aromatic heterocycles. The maximum atomic E-state index is 14.5. The summed E-state index contributed by atoms with van der Waals surface area (Å²) in [6, 6.07) is 6.00. The number of hydrogen-bond donors (Lipinski definition) is 0. The monoisotopic (exact) mass is 294 g/mol. The Morgan fingerprint density at radius 3 is 2.48 bits per heavy atom. The minimum atomic E-state index is -1.82. The molecule has 1 aromatic carbocycles. The van der Waals surface area contributed by atoms with Gasteiger partial charge in [-0.3, -0.25) is 0 Å². The number of esters is 2. The molecule has 0 amide bonds. The fourth-order valence-electron chi connectivity index (χ4n) is 1.64. The van der Waals surface area contributed by atoms with Gasteiger partial charge in [0, 0.05) is 5.56 Å². The lowest BCUT2D eigenvalue weighted by molar-refractivity contribution is -0.140. The fraction of sp³-hybridized carbons (Fsp3) is 0.375. The highest BCUT2D eigenvalue weighted by atomic mass is 19.1. The number of alkyl halides is 1. The maximum Gasteiger partial charge on any atom is 0.338 e. The average Bonchev–Trinajstić information content (AvgIpc) is 2.50. The Balaban J connectivity index is 2.93. The van der Waals surface area contributed by atoms with E-state index < -0.39 is 18.1 Å². The molecule has 0 heterocycles. The highest BCUT2D eigenvalue weighted by molar-refractivity contribution is 5.93. The van der Waals surface area contributed by atoms with Crippen LogP contribution in [0.15, 0.2) is 36.4 Å². The van der Waals surface area contributed by atoms with E-state index >= 15 is 0 Å². The number of ether oxygens (including phenoxy) is 2. The van der Waals surface area contributed by atoms with Gasteiger partial charge in [-0.2, -0.15) is 0 Å². The number of benzene rings is 1. The Morgan fingerprint density at radius 2 is 1.90 bits per heavy atom. The van der Waals surface area contributed by atoms with Gasteiger partial charge < -0.3 is 9.47 Å². The second kappa shape index (κ2) is 7.57. The van der Waals surface area contributed by atoms with Crippen LogP contribution in [0.5, 0.6) is 0 Å². The van der Waals surface area contributed by atoms with Crippen molar-refractivity contribution in [1.82, 2.24) is 0 Å². The van der Waals surface area contributed by atoms with Crippen LogP contribution in [0.3, 0.4) is 0 Å². The average molecular weight is 294 g/mol. The molecule has 0 saturated carbocycles.